The van der Waals surface area contributed by atoms with Gasteiger partial charge in [-0.15, -0.1) is 11.3 Å². The third-order valence-electron chi connectivity index (χ3n) is 6.55. The normalized spacial score (nSPS) is 19.0. The monoisotopic (exact) mass is 514 g/mol. The molecule has 2 aromatic rings. The molecule has 11 heteroatoms. The summed E-state index contributed by atoms with van der Waals surface area (Å²) in [5.74, 6) is -0.0778. The molecule has 35 heavy (non-hydrogen) atoms. The fourth-order valence-corrected chi connectivity index (χ4v) is 5.68. The van der Waals surface area contributed by atoms with Gasteiger partial charge >= 0.3 is 6.03 Å². The number of thiophene rings is 1. The topological polar surface area (TPSA) is 88.2 Å². The van der Waals surface area contributed by atoms with Gasteiger partial charge in [-0.05, 0) is 48.6 Å². The third kappa shape index (κ3) is 4.94. The van der Waals surface area contributed by atoms with Gasteiger partial charge in [0.25, 0.3) is 11.8 Å². The molecule has 2 N–H and O–H groups in total. The number of nitrogens with zero attached hydrogens (tertiary/aromatic N) is 4. The molecule has 2 fully saturated rings. The summed E-state index contributed by atoms with van der Waals surface area (Å²) in [6.45, 7) is 2.39. The Hall–Kier alpha value is -3.24. The highest BCUT2D eigenvalue weighted by molar-refractivity contribution is 7.10. The Bertz CT molecular complexity index is 1130. The molecule has 184 valence electrons. The third-order valence-corrected chi connectivity index (χ3v) is 7.74. The molecule has 3 aliphatic heterocycles. The summed E-state index contributed by atoms with van der Waals surface area (Å²) in [4.78, 5) is 47.6. The second-order valence-corrected chi connectivity index (χ2v) is 10.4. The number of halogens is 1. The first-order valence-corrected chi connectivity index (χ1v) is 12.8. The number of hydrogen-bond donors (Lipinski definition) is 2. The van der Waals surface area contributed by atoms with E-state index in [9.17, 15) is 14.4 Å². The minimum Gasteiger partial charge on any atom is -0.361 e. The summed E-state index contributed by atoms with van der Waals surface area (Å²) in [5, 5.41) is 8.06. The highest BCUT2D eigenvalue weighted by Gasteiger charge is 2.41. The van der Waals surface area contributed by atoms with Crippen LogP contribution in [0.3, 0.4) is 0 Å². The average Bonchev–Trinajstić information content (AvgIpc) is 3.57. The second-order valence-electron chi connectivity index (χ2n) is 8.98. The number of anilines is 1. The Kier molecular flexibility index (Phi) is 6.57. The van der Waals surface area contributed by atoms with E-state index in [1.54, 1.807) is 29.2 Å². The van der Waals surface area contributed by atoms with E-state index in [1.807, 2.05) is 40.6 Å². The summed E-state index contributed by atoms with van der Waals surface area (Å²) < 4.78 is 0. The van der Waals surface area contributed by atoms with Gasteiger partial charge in [0.15, 0.2) is 0 Å². The molecule has 1 unspecified atom stereocenters. The zero-order chi connectivity index (χ0) is 24.5. The van der Waals surface area contributed by atoms with E-state index >= 15 is 0 Å². The molecule has 0 spiro atoms. The maximum absolute atomic E-state index is 13.5. The molecule has 1 aromatic carbocycles. The highest BCUT2D eigenvalue weighted by atomic mass is 35.5. The van der Waals surface area contributed by atoms with Gasteiger partial charge in [-0.2, -0.15) is 0 Å². The first-order valence-electron chi connectivity index (χ1n) is 11.5. The SMILES string of the molecule is CN1C=C2C(=O)N(C3CCN(C(=O)C(NC(=O)Nc4ccc(Cl)cc4)c4cccs4)CC3)CN2C1. The molecule has 0 bridgehead atoms. The van der Waals surface area contributed by atoms with Crippen LogP contribution in [0.2, 0.25) is 5.02 Å². The number of carbonyl (C=O) groups is 3. The summed E-state index contributed by atoms with van der Waals surface area (Å²) >= 11 is 7.34. The number of benzene rings is 1. The highest BCUT2D eigenvalue weighted by Crippen LogP contribution is 2.30. The van der Waals surface area contributed by atoms with Crippen LogP contribution in [0.25, 0.3) is 0 Å². The predicted octanol–water partition coefficient (Wildman–Crippen LogP) is 3.10. The molecule has 1 atom stereocenters. The fourth-order valence-electron chi connectivity index (χ4n) is 4.79. The van der Waals surface area contributed by atoms with Gasteiger partial charge in [-0.3, -0.25) is 9.59 Å². The predicted molar refractivity (Wildman–Crippen MR) is 135 cm³/mol. The lowest BCUT2D eigenvalue weighted by Crippen LogP contribution is -2.51. The van der Waals surface area contributed by atoms with Crippen molar-refractivity contribution < 1.29 is 14.4 Å². The molecule has 4 heterocycles. The molecule has 0 aliphatic carbocycles. The zero-order valence-electron chi connectivity index (χ0n) is 19.3. The van der Waals surface area contributed by atoms with E-state index < -0.39 is 12.1 Å². The zero-order valence-corrected chi connectivity index (χ0v) is 20.9. The van der Waals surface area contributed by atoms with E-state index in [0.717, 1.165) is 17.2 Å². The molecule has 0 radical (unpaired) electrons. The van der Waals surface area contributed by atoms with Crippen molar-refractivity contribution in [1.82, 2.24) is 24.9 Å². The molecule has 1 aromatic heterocycles. The number of nitrogens with one attached hydrogen (secondary N) is 2. The lowest BCUT2D eigenvalue weighted by molar-refractivity contribution is -0.135. The van der Waals surface area contributed by atoms with Crippen LogP contribution in [-0.4, -0.2) is 77.0 Å². The molecule has 4 amide bonds. The van der Waals surface area contributed by atoms with Gasteiger partial charge in [0.05, 0.1) is 13.3 Å². The number of carbonyl (C=O) groups excluding carboxylic acids is 3. The van der Waals surface area contributed by atoms with Crippen molar-refractivity contribution in [2.75, 3.05) is 38.8 Å². The van der Waals surface area contributed by atoms with E-state index in [1.165, 1.54) is 11.3 Å². The quantitative estimate of drug-likeness (QED) is 0.640. The summed E-state index contributed by atoms with van der Waals surface area (Å²) in [6, 6.07) is 9.35. The lowest BCUT2D eigenvalue weighted by atomic mass is 10.0. The van der Waals surface area contributed by atoms with Crippen LogP contribution in [0.1, 0.15) is 23.8 Å². The Morgan fingerprint density at radius 1 is 1.11 bits per heavy atom. The summed E-state index contributed by atoms with van der Waals surface area (Å²) in [6.07, 6.45) is 3.32. The largest absolute Gasteiger partial charge is 0.361 e. The fraction of sp³-hybridized carbons (Fsp3) is 0.375. The molecule has 5 rings (SSSR count). The van der Waals surface area contributed by atoms with Crippen molar-refractivity contribution in [3.05, 3.63) is 63.6 Å². The van der Waals surface area contributed by atoms with Gasteiger partial charge in [0.1, 0.15) is 11.7 Å². The Morgan fingerprint density at radius 3 is 2.51 bits per heavy atom. The van der Waals surface area contributed by atoms with Gasteiger partial charge in [0, 0.05) is 48.0 Å². The van der Waals surface area contributed by atoms with Crippen LogP contribution < -0.4 is 10.6 Å². The molecular formula is C24H27ClN6O3S. The van der Waals surface area contributed by atoms with Crippen LogP contribution in [0.5, 0.6) is 0 Å². The number of hydrogen-bond acceptors (Lipinski definition) is 6. The summed E-state index contributed by atoms with van der Waals surface area (Å²) in [7, 11) is 1.96. The van der Waals surface area contributed by atoms with Crippen LogP contribution in [-0.2, 0) is 9.59 Å². The average molecular weight is 515 g/mol. The standard InChI is InChI=1S/C24H27ClN6O3S/c1-28-13-19-22(32)31(15-30(19)14-28)18-8-10-29(11-9-18)23(33)21(20-3-2-12-35-20)27-24(34)26-17-6-4-16(25)5-7-17/h2-7,12-13,18,21H,8-11,14-15H2,1H3,(H2,26,27,34). The number of amides is 4. The second kappa shape index (κ2) is 9.79. The Labute approximate surface area is 212 Å². The minimum atomic E-state index is -0.779. The van der Waals surface area contributed by atoms with Crippen molar-refractivity contribution in [3.63, 3.8) is 0 Å². The van der Waals surface area contributed by atoms with Gasteiger partial charge in [-0.1, -0.05) is 17.7 Å². The van der Waals surface area contributed by atoms with Gasteiger partial charge < -0.3 is 30.2 Å². The Balaban J connectivity index is 1.21. The van der Waals surface area contributed by atoms with E-state index in [2.05, 4.69) is 15.5 Å². The minimum absolute atomic E-state index is 0.0659. The summed E-state index contributed by atoms with van der Waals surface area (Å²) in [5.41, 5.74) is 1.34. The van der Waals surface area contributed by atoms with Gasteiger partial charge in [-0.25, -0.2) is 4.79 Å². The molecular weight excluding hydrogens is 488 g/mol. The maximum Gasteiger partial charge on any atom is 0.320 e. The number of rotatable bonds is 5. The van der Waals surface area contributed by atoms with Crippen LogP contribution >= 0.6 is 22.9 Å². The number of piperidine rings is 1. The lowest BCUT2D eigenvalue weighted by Gasteiger charge is -2.38. The molecule has 0 saturated carbocycles. The first-order chi connectivity index (χ1) is 16.9. The molecule has 2 saturated heterocycles. The van der Waals surface area contributed by atoms with Crippen molar-refractivity contribution in [1.29, 1.82) is 0 Å². The number of likely N-dealkylation sites (tertiary alicyclic amines) is 1. The van der Waals surface area contributed by atoms with E-state index in [0.29, 0.717) is 43.3 Å². The van der Waals surface area contributed by atoms with Crippen molar-refractivity contribution in [3.8, 4) is 0 Å². The van der Waals surface area contributed by atoms with Crippen molar-refractivity contribution >= 4 is 46.5 Å². The smallest absolute Gasteiger partial charge is 0.320 e. The number of fused-ring (bicyclic) bond motifs is 1. The van der Waals surface area contributed by atoms with Crippen LogP contribution in [0, 0.1) is 0 Å². The van der Waals surface area contributed by atoms with Crippen LogP contribution in [0.15, 0.2) is 53.7 Å². The van der Waals surface area contributed by atoms with Gasteiger partial charge in [0.2, 0.25) is 0 Å². The maximum atomic E-state index is 13.5. The number of urea groups is 1. The van der Waals surface area contributed by atoms with E-state index in [4.69, 9.17) is 11.6 Å². The van der Waals surface area contributed by atoms with Crippen LogP contribution in [0.4, 0.5) is 10.5 Å². The molecule has 9 nitrogen and oxygen atoms in total. The van der Waals surface area contributed by atoms with E-state index in [-0.39, 0.29) is 17.9 Å². The van der Waals surface area contributed by atoms with Crippen molar-refractivity contribution in [2.24, 2.45) is 0 Å². The molecule has 3 aliphatic rings. The Morgan fingerprint density at radius 2 is 1.86 bits per heavy atom. The first kappa shape index (κ1) is 23.5. The van der Waals surface area contributed by atoms with Crippen molar-refractivity contribution in [2.45, 2.75) is 24.9 Å².